The summed E-state index contributed by atoms with van der Waals surface area (Å²) < 4.78 is 61.0. The zero-order chi connectivity index (χ0) is 90.2. The van der Waals surface area contributed by atoms with Crippen LogP contribution in [0.5, 0.6) is 161 Å². The molecule has 1 saturated heterocycles. The van der Waals surface area contributed by atoms with Crippen molar-refractivity contribution in [3.8, 4) is 183 Å². The Labute approximate surface area is 676 Å². The zero-order valence-electron chi connectivity index (χ0n) is 60.3. The van der Waals surface area contributed by atoms with Crippen LogP contribution in [-0.2, 0) is 52.2 Å². The molecule has 3 aliphatic heterocycles. The third-order valence-electron chi connectivity index (χ3n) is 18.4. The zero-order valence-corrected chi connectivity index (χ0v) is 60.3. The molecule has 0 radical (unpaired) electrons. The SMILES string of the molecule is O=CC(OC(=O)c1cc(O)c(O)c(O)c1Oc1cc(C(=O)OC2OC3COC(=O)c4cc(O)c(O)c(O)c4-c4c(cc(O)c(O)c4O)C(=O)OC3C(OC(=O)c3cc(O)c(O)c(O)c3)C2OC(=O)c2cc(O)c(O)c(O)c2)cc(O)c1O)C(OC(=O)c1cc(O)c(O)c(O)c1)C1OC(=O)c2cc(O)c(O)c(O)c2-c2c(cc(O)c(O)c2O)C(=O)OCC1O. The van der Waals surface area contributed by atoms with Crippen molar-refractivity contribution in [1.29, 1.82) is 0 Å². The van der Waals surface area contributed by atoms with Crippen LogP contribution in [0.1, 0.15) is 93.2 Å². The molecule has 642 valence electrons. The first-order valence-corrected chi connectivity index (χ1v) is 33.8. The Bertz CT molecular complexity index is 5970. The molecule has 0 spiro atoms. The molecule has 0 aliphatic carbocycles. The van der Waals surface area contributed by atoms with Crippen molar-refractivity contribution in [2.75, 3.05) is 13.2 Å². The lowest BCUT2D eigenvalue weighted by Crippen LogP contribution is -2.63. The summed E-state index contributed by atoms with van der Waals surface area (Å²) in [6, 6.07) is 4.10. The number of phenols is 26. The van der Waals surface area contributed by atoms with Crippen LogP contribution in [0.25, 0.3) is 22.3 Å². The van der Waals surface area contributed by atoms with E-state index in [0.717, 1.165) is 0 Å². The van der Waals surface area contributed by atoms with Gasteiger partial charge >= 0.3 is 53.7 Å². The smallest absolute Gasteiger partial charge is 0.343 e. The summed E-state index contributed by atoms with van der Waals surface area (Å²) in [5, 5.41) is 292. The Hall–Kier alpha value is -17.6. The highest BCUT2D eigenvalue weighted by Gasteiger charge is 2.56. The number of esters is 9. The average molecular weight is 1720 g/mol. The van der Waals surface area contributed by atoms with Crippen LogP contribution in [0.3, 0.4) is 0 Å². The molecule has 0 amide bonds. The molecule has 9 aromatic carbocycles. The average Bonchev–Trinajstić information content (AvgIpc) is 1.74. The molecule has 0 saturated carbocycles. The molecule has 3 heterocycles. The van der Waals surface area contributed by atoms with Crippen molar-refractivity contribution in [3.05, 3.63) is 129 Å². The number of benzene rings is 9. The highest BCUT2D eigenvalue weighted by atomic mass is 16.8. The standard InChI is InChI=1S/C75H54O48/c76-14-40(62(119-66(104)17-1-26(77)46(90)27(78)2-17)61-38(89)15-113-70(108)21-9-33(84)50(94)55(99)42(21)44-23(72(110)118-61)11-35(86)52(96)57(44)101)116-74(112)25-13-37(88)54(98)59(103)60(25)115-39-8-20(7-32(83)49(39)93)69(107)123-75-65(122-68(106)19-5-30(81)48(92)31(82)6-19)64(121-67(105)18-3-28(79)47(91)29(80)4-18)63-41(117-75)16-114-71(109)22-10-34(85)51(95)56(100)43(22)45-24(73(111)120-63)12-36(87)53(97)58(45)102/h1-14,38,40-41,61-65,75,77-103H,15-16H2. The van der Waals surface area contributed by atoms with Crippen molar-refractivity contribution in [2.45, 2.75) is 55.1 Å². The predicted octanol–water partition coefficient (Wildman–Crippen LogP) is 2.59. The van der Waals surface area contributed by atoms with E-state index in [1.165, 1.54) is 0 Å². The number of hydrogen-bond donors (Lipinski definition) is 27. The summed E-state index contributed by atoms with van der Waals surface area (Å²) in [4.78, 5) is 144. The van der Waals surface area contributed by atoms with Gasteiger partial charge in [-0.15, -0.1) is 0 Å². The van der Waals surface area contributed by atoms with Crippen LogP contribution in [0, 0.1) is 0 Å². The molecule has 0 bridgehead atoms. The summed E-state index contributed by atoms with van der Waals surface area (Å²) in [6.45, 7) is -3.15. The minimum atomic E-state index is -3.09. The van der Waals surface area contributed by atoms with E-state index in [-0.39, 0.29) is 30.3 Å². The Morgan fingerprint density at radius 2 is 0.691 bits per heavy atom. The number of aldehydes is 1. The predicted molar refractivity (Wildman–Crippen MR) is 381 cm³/mol. The molecule has 0 aromatic heterocycles. The van der Waals surface area contributed by atoms with Crippen molar-refractivity contribution < 1.29 is 238 Å². The topological polar surface area (TPSA) is 818 Å². The number of phenolic OH excluding ortho intramolecular Hbond substituents is 26. The van der Waals surface area contributed by atoms with Gasteiger partial charge in [0.15, 0.2) is 158 Å². The van der Waals surface area contributed by atoms with E-state index in [2.05, 4.69) is 0 Å². The van der Waals surface area contributed by atoms with Crippen LogP contribution in [0.4, 0.5) is 0 Å². The summed E-state index contributed by atoms with van der Waals surface area (Å²) >= 11 is 0. The van der Waals surface area contributed by atoms with Crippen LogP contribution in [0.15, 0.2) is 78.9 Å². The highest BCUT2D eigenvalue weighted by molar-refractivity contribution is 6.10. The summed E-state index contributed by atoms with van der Waals surface area (Å²) in [5.41, 5.74) is -15.8. The highest BCUT2D eigenvalue weighted by Crippen LogP contribution is 2.57. The second kappa shape index (κ2) is 32.1. The first kappa shape index (κ1) is 84.8. The second-order valence-corrected chi connectivity index (χ2v) is 26.1. The van der Waals surface area contributed by atoms with E-state index in [9.17, 15) is 186 Å². The molecule has 9 unspecified atom stereocenters. The lowest BCUT2D eigenvalue weighted by atomic mass is 9.92. The molecule has 27 N–H and O–H groups in total. The lowest BCUT2D eigenvalue weighted by molar-refractivity contribution is -0.282. The monoisotopic (exact) mass is 1720 g/mol. The number of aliphatic hydroxyl groups is 1. The first-order chi connectivity index (χ1) is 57.8. The number of rotatable bonds is 15. The number of fused-ring (bicyclic) bond motifs is 7. The fourth-order valence-electron chi connectivity index (χ4n) is 12.4. The van der Waals surface area contributed by atoms with E-state index in [0.29, 0.717) is 48.5 Å². The summed E-state index contributed by atoms with van der Waals surface area (Å²) in [6.07, 6.45) is -26.5. The molecule has 12 rings (SSSR count). The maximum Gasteiger partial charge on any atom is 0.343 e. The van der Waals surface area contributed by atoms with Crippen LogP contribution in [-0.4, -0.2) is 266 Å². The summed E-state index contributed by atoms with van der Waals surface area (Å²) in [5.74, 6) is -58.9. The largest absolute Gasteiger partial charge is 0.504 e. The van der Waals surface area contributed by atoms with E-state index < -0.39 is 362 Å². The Balaban J connectivity index is 0.948. The number of cyclic esters (lactones) is 3. The van der Waals surface area contributed by atoms with Gasteiger partial charge < -0.3 is 190 Å². The fraction of sp³-hybridized carbons (Fsp3) is 0.147. The minimum absolute atomic E-state index is 0.0956. The Kier molecular flexibility index (Phi) is 22.1. The Morgan fingerprint density at radius 1 is 0.350 bits per heavy atom. The van der Waals surface area contributed by atoms with Crippen LogP contribution >= 0.6 is 0 Å². The number of aromatic hydroxyl groups is 26. The normalized spacial score (nSPS) is 17.9. The van der Waals surface area contributed by atoms with Crippen LogP contribution in [0.2, 0.25) is 0 Å². The van der Waals surface area contributed by atoms with Gasteiger partial charge in [-0.3, -0.25) is 4.79 Å². The van der Waals surface area contributed by atoms with Crippen molar-refractivity contribution >= 4 is 60.0 Å². The molecule has 48 nitrogen and oxygen atoms in total. The first-order valence-electron chi connectivity index (χ1n) is 33.8. The van der Waals surface area contributed by atoms with Gasteiger partial charge in [0.05, 0.1) is 44.5 Å². The van der Waals surface area contributed by atoms with E-state index in [1.54, 1.807) is 0 Å². The minimum Gasteiger partial charge on any atom is -0.504 e. The summed E-state index contributed by atoms with van der Waals surface area (Å²) in [7, 11) is 0. The van der Waals surface area contributed by atoms with Gasteiger partial charge in [-0.05, 0) is 72.8 Å². The fourth-order valence-corrected chi connectivity index (χ4v) is 12.4. The van der Waals surface area contributed by atoms with Gasteiger partial charge in [0.25, 0.3) is 0 Å². The third kappa shape index (κ3) is 15.4. The Morgan fingerprint density at radius 3 is 1.11 bits per heavy atom. The molecule has 9 atom stereocenters. The number of ether oxygens (including phenoxy) is 11. The number of carbonyl (C=O) groups excluding carboxylic acids is 10. The molecular weight excluding hydrogens is 1670 g/mol. The van der Waals surface area contributed by atoms with E-state index in [4.69, 9.17) is 52.1 Å². The maximum atomic E-state index is 15.0. The third-order valence-corrected chi connectivity index (χ3v) is 18.4. The second-order valence-electron chi connectivity index (χ2n) is 26.1. The number of hydrogen-bond acceptors (Lipinski definition) is 48. The molecule has 3 aliphatic rings. The lowest BCUT2D eigenvalue weighted by Gasteiger charge is -2.43. The van der Waals surface area contributed by atoms with Gasteiger partial charge in [0.1, 0.15) is 31.0 Å². The van der Waals surface area contributed by atoms with E-state index >= 15 is 0 Å². The van der Waals surface area contributed by atoms with Gasteiger partial charge in [0, 0.05) is 28.3 Å². The number of aliphatic hydroxyl groups excluding tert-OH is 1. The van der Waals surface area contributed by atoms with Crippen molar-refractivity contribution in [3.63, 3.8) is 0 Å². The van der Waals surface area contributed by atoms with Gasteiger partial charge in [-0.25, -0.2) is 43.2 Å². The van der Waals surface area contributed by atoms with Gasteiger partial charge in [-0.1, -0.05) is 0 Å². The van der Waals surface area contributed by atoms with Gasteiger partial charge in [0.2, 0.25) is 52.6 Å². The van der Waals surface area contributed by atoms with Crippen molar-refractivity contribution in [2.24, 2.45) is 0 Å². The number of carbonyl (C=O) groups is 10. The molecule has 123 heavy (non-hydrogen) atoms. The van der Waals surface area contributed by atoms with E-state index in [1.807, 2.05) is 0 Å². The molecule has 9 aromatic rings. The maximum absolute atomic E-state index is 15.0. The van der Waals surface area contributed by atoms with Crippen molar-refractivity contribution in [1.82, 2.24) is 0 Å². The van der Waals surface area contributed by atoms with Gasteiger partial charge in [-0.2, -0.15) is 0 Å². The molecule has 48 heteroatoms. The molecule has 1 fully saturated rings. The van der Waals surface area contributed by atoms with Crippen LogP contribution < -0.4 is 4.74 Å². The quantitative estimate of drug-likeness (QED) is 0.0303. The molecular formula is C75H54O48.